The van der Waals surface area contributed by atoms with Gasteiger partial charge >= 0.3 is 0 Å². The van der Waals surface area contributed by atoms with Crippen LogP contribution in [-0.2, 0) is 5.54 Å². The first kappa shape index (κ1) is 13.7. The van der Waals surface area contributed by atoms with Crippen molar-refractivity contribution >= 4 is 11.6 Å². The Balaban J connectivity index is 2.72. The van der Waals surface area contributed by atoms with Gasteiger partial charge in [0.1, 0.15) is 5.75 Å². The minimum atomic E-state index is -0.266. The van der Waals surface area contributed by atoms with Crippen molar-refractivity contribution in [3.05, 3.63) is 27.3 Å². The van der Waals surface area contributed by atoms with Crippen LogP contribution in [0, 0.1) is 20.8 Å². The number of benzene rings is 1. The molecule has 0 amide bonds. The van der Waals surface area contributed by atoms with E-state index in [4.69, 9.17) is 22.1 Å². The van der Waals surface area contributed by atoms with E-state index in [1.54, 1.807) is 7.11 Å². The van der Waals surface area contributed by atoms with E-state index in [0.29, 0.717) is 0 Å². The van der Waals surface area contributed by atoms with Crippen LogP contribution in [0.5, 0.6) is 5.75 Å². The lowest BCUT2D eigenvalue weighted by atomic mass is 9.83. The van der Waals surface area contributed by atoms with E-state index >= 15 is 0 Å². The van der Waals surface area contributed by atoms with Gasteiger partial charge in [-0.3, -0.25) is 0 Å². The largest absolute Gasteiger partial charge is 0.496 e. The molecule has 3 heteroatoms. The highest BCUT2D eigenvalue weighted by Crippen LogP contribution is 2.46. The molecule has 2 N–H and O–H groups in total. The first-order valence-corrected chi connectivity index (χ1v) is 6.93. The minimum Gasteiger partial charge on any atom is -0.496 e. The zero-order valence-electron chi connectivity index (χ0n) is 11.7. The predicted molar refractivity (Wildman–Crippen MR) is 76.5 cm³/mol. The second-order valence-corrected chi connectivity index (χ2v) is 5.84. The maximum Gasteiger partial charge on any atom is 0.127 e. The fourth-order valence-electron chi connectivity index (χ4n) is 3.19. The van der Waals surface area contributed by atoms with Gasteiger partial charge in [-0.25, -0.2) is 0 Å². The van der Waals surface area contributed by atoms with E-state index in [0.717, 1.165) is 45.9 Å². The van der Waals surface area contributed by atoms with Crippen molar-refractivity contribution in [3.8, 4) is 5.75 Å². The maximum absolute atomic E-state index is 6.61. The van der Waals surface area contributed by atoms with Crippen molar-refractivity contribution in [1.29, 1.82) is 0 Å². The van der Waals surface area contributed by atoms with E-state index in [2.05, 4.69) is 13.8 Å². The third kappa shape index (κ3) is 1.92. The smallest absolute Gasteiger partial charge is 0.127 e. The number of rotatable bonds is 2. The van der Waals surface area contributed by atoms with Crippen molar-refractivity contribution in [2.24, 2.45) is 5.73 Å². The number of hydrogen-bond donors (Lipinski definition) is 1. The molecule has 1 fully saturated rings. The first-order valence-electron chi connectivity index (χ1n) is 6.55. The van der Waals surface area contributed by atoms with Crippen LogP contribution in [-0.4, -0.2) is 7.11 Å². The molecule has 0 saturated heterocycles. The highest BCUT2D eigenvalue weighted by molar-refractivity contribution is 6.32. The lowest BCUT2D eigenvalue weighted by molar-refractivity contribution is 0.375. The third-order valence-corrected chi connectivity index (χ3v) is 4.93. The summed E-state index contributed by atoms with van der Waals surface area (Å²) in [6.07, 6.45) is 4.40. The van der Waals surface area contributed by atoms with Gasteiger partial charge in [0.25, 0.3) is 0 Å². The Kier molecular flexibility index (Phi) is 3.61. The van der Waals surface area contributed by atoms with Crippen LogP contribution in [0.25, 0.3) is 0 Å². The van der Waals surface area contributed by atoms with Crippen LogP contribution in [0.3, 0.4) is 0 Å². The zero-order valence-corrected chi connectivity index (χ0v) is 12.4. The third-order valence-electron chi connectivity index (χ3n) is 4.36. The standard InChI is InChI=1S/C15H22ClNO/c1-9-10(2)14(18-4)12(11(3)13(9)16)15(17)7-5-6-8-15/h5-8,17H2,1-4H3. The van der Waals surface area contributed by atoms with Crippen molar-refractivity contribution < 1.29 is 4.74 Å². The average molecular weight is 268 g/mol. The van der Waals surface area contributed by atoms with Crippen molar-refractivity contribution in [2.75, 3.05) is 7.11 Å². The summed E-state index contributed by atoms with van der Waals surface area (Å²) < 4.78 is 5.63. The summed E-state index contributed by atoms with van der Waals surface area (Å²) in [6, 6.07) is 0. The molecule has 0 bridgehead atoms. The molecule has 2 nitrogen and oxygen atoms in total. The van der Waals surface area contributed by atoms with Gasteiger partial charge < -0.3 is 10.5 Å². The Bertz CT molecular complexity index is 476. The fraction of sp³-hybridized carbons (Fsp3) is 0.600. The SMILES string of the molecule is COc1c(C)c(C)c(Cl)c(C)c1C1(N)CCCC1. The van der Waals surface area contributed by atoms with E-state index in [-0.39, 0.29) is 5.54 Å². The van der Waals surface area contributed by atoms with Gasteiger partial charge in [0, 0.05) is 16.1 Å². The molecular weight excluding hydrogens is 246 g/mol. The summed E-state index contributed by atoms with van der Waals surface area (Å²) in [6.45, 7) is 6.15. The van der Waals surface area contributed by atoms with Gasteiger partial charge in [0.05, 0.1) is 7.11 Å². The molecule has 1 saturated carbocycles. The van der Waals surface area contributed by atoms with Gasteiger partial charge in [-0.2, -0.15) is 0 Å². The Labute approximate surface area is 114 Å². The first-order chi connectivity index (χ1) is 8.42. The summed E-state index contributed by atoms with van der Waals surface area (Å²) >= 11 is 6.45. The Morgan fingerprint density at radius 1 is 1.06 bits per heavy atom. The van der Waals surface area contributed by atoms with Crippen LogP contribution in [0.2, 0.25) is 5.02 Å². The number of nitrogens with two attached hydrogens (primary N) is 1. The second-order valence-electron chi connectivity index (χ2n) is 5.46. The number of ether oxygens (including phenoxy) is 1. The quantitative estimate of drug-likeness (QED) is 0.879. The van der Waals surface area contributed by atoms with E-state index in [1.807, 2.05) is 6.92 Å². The van der Waals surface area contributed by atoms with Crippen molar-refractivity contribution in [3.63, 3.8) is 0 Å². The lowest BCUT2D eigenvalue weighted by Crippen LogP contribution is -2.35. The lowest BCUT2D eigenvalue weighted by Gasteiger charge is -2.30. The van der Waals surface area contributed by atoms with E-state index in [1.165, 1.54) is 12.8 Å². The average Bonchev–Trinajstić information content (AvgIpc) is 2.78. The van der Waals surface area contributed by atoms with Crippen LogP contribution >= 0.6 is 11.6 Å². The molecule has 1 aromatic rings. The summed E-state index contributed by atoms with van der Waals surface area (Å²) in [5.74, 6) is 0.929. The molecule has 1 aliphatic carbocycles. The number of methoxy groups -OCH3 is 1. The molecule has 18 heavy (non-hydrogen) atoms. The molecule has 0 aliphatic heterocycles. The van der Waals surface area contributed by atoms with Crippen molar-refractivity contribution in [1.82, 2.24) is 0 Å². The second kappa shape index (κ2) is 4.75. The topological polar surface area (TPSA) is 35.2 Å². The van der Waals surface area contributed by atoms with Gasteiger partial charge in [0.15, 0.2) is 0 Å². The summed E-state index contributed by atoms with van der Waals surface area (Å²) in [5, 5.41) is 0.833. The molecular formula is C15H22ClNO. The molecule has 100 valence electrons. The molecule has 1 aliphatic rings. The molecule has 0 atom stereocenters. The van der Waals surface area contributed by atoms with E-state index in [9.17, 15) is 0 Å². The normalized spacial score (nSPS) is 18.1. The summed E-state index contributed by atoms with van der Waals surface area (Å²) in [4.78, 5) is 0. The van der Waals surface area contributed by atoms with Crippen LogP contribution < -0.4 is 10.5 Å². The molecule has 0 spiro atoms. The Morgan fingerprint density at radius 3 is 2.11 bits per heavy atom. The molecule has 2 rings (SSSR count). The van der Waals surface area contributed by atoms with Crippen molar-refractivity contribution in [2.45, 2.75) is 52.0 Å². The molecule has 0 radical (unpaired) electrons. The van der Waals surface area contributed by atoms with Crippen LogP contribution in [0.15, 0.2) is 0 Å². The number of halogens is 1. The molecule has 1 aromatic carbocycles. The van der Waals surface area contributed by atoms with Gasteiger partial charge in [0.2, 0.25) is 0 Å². The van der Waals surface area contributed by atoms with Gasteiger partial charge in [-0.05, 0) is 50.3 Å². The zero-order chi connectivity index (χ0) is 13.5. The van der Waals surface area contributed by atoms with Crippen LogP contribution in [0.4, 0.5) is 0 Å². The van der Waals surface area contributed by atoms with E-state index < -0.39 is 0 Å². The predicted octanol–water partition coefficient (Wildman–Crippen LogP) is 4.00. The maximum atomic E-state index is 6.61. The number of hydrogen-bond acceptors (Lipinski definition) is 2. The Morgan fingerprint density at radius 2 is 1.61 bits per heavy atom. The monoisotopic (exact) mass is 267 g/mol. The molecule has 0 unspecified atom stereocenters. The summed E-state index contributed by atoms with van der Waals surface area (Å²) in [7, 11) is 1.72. The molecule has 0 heterocycles. The van der Waals surface area contributed by atoms with Gasteiger partial charge in [-0.1, -0.05) is 24.4 Å². The summed E-state index contributed by atoms with van der Waals surface area (Å²) in [5.41, 5.74) is 10.8. The minimum absolute atomic E-state index is 0.266. The fourth-order valence-corrected chi connectivity index (χ4v) is 3.43. The molecule has 0 aromatic heterocycles. The van der Waals surface area contributed by atoms with Crippen LogP contribution in [0.1, 0.15) is 47.9 Å². The van der Waals surface area contributed by atoms with Gasteiger partial charge in [-0.15, -0.1) is 0 Å². The Hall–Kier alpha value is -0.730. The highest BCUT2D eigenvalue weighted by Gasteiger charge is 2.36. The highest BCUT2D eigenvalue weighted by atomic mass is 35.5.